The summed E-state index contributed by atoms with van der Waals surface area (Å²) in [7, 11) is 14.2. The second-order valence-electron chi connectivity index (χ2n) is 14.6. The molecule has 448 valence electrons. The summed E-state index contributed by atoms with van der Waals surface area (Å²) in [5, 5.41) is 23.5. The minimum absolute atomic E-state index is 0.125. The van der Waals surface area contributed by atoms with E-state index >= 15 is 0 Å². The molecular weight excluding hydrogens is 1160 g/mol. The lowest BCUT2D eigenvalue weighted by atomic mass is 10.1. The van der Waals surface area contributed by atoms with Gasteiger partial charge in [0.1, 0.15) is 61.9 Å². The van der Waals surface area contributed by atoms with Crippen molar-refractivity contribution in [3.8, 4) is 28.9 Å². The van der Waals surface area contributed by atoms with E-state index in [1.807, 2.05) is 18.3 Å². The van der Waals surface area contributed by atoms with Gasteiger partial charge in [0.25, 0.3) is 5.78 Å². The number of H-pyrrole nitrogens is 4. The summed E-state index contributed by atoms with van der Waals surface area (Å²) in [6.45, 7) is 1.51. The number of hydrogen-bond donors (Lipinski definition) is 8. The number of nitrogens with one attached hydrogen (secondary N) is 5. The highest BCUT2D eigenvalue weighted by molar-refractivity contribution is 7.80. The molecule has 0 atom stereocenters. The van der Waals surface area contributed by atoms with E-state index < -0.39 is 23.0 Å². The van der Waals surface area contributed by atoms with Gasteiger partial charge in [0.15, 0.2) is 28.4 Å². The number of Topliss-reactive ketones (excluding diaryl/α,β-unsaturated/α-hetero) is 1. The normalized spacial score (nSPS) is 9.81. The zero-order valence-corrected chi connectivity index (χ0v) is 48.5. The number of aliphatic hydroxyl groups excluding tert-OH is 1. The van der Waals surface area contributed by atoms with Crippen molar-refractivity contribution in [2.75, 3.05) is 77.7 Å². The van der Waals surface area contributed by atoms with Crippen molar-refractivity contribution in [2.24, 2.45) is 11.6 Å². The quantitative estimate of drug-likeness (QED) is 0.00619. The number of ketones is 1. The molecule has 10 N–H and O–H groups in total. The molecule has 1 amide bonds. The van der Waals surface area contributed by atoms with Crippen molar-refractivity contribution in [1.82, 2.24) is 80.0 Å². The topological polar surface area (TPSA) is 442 Å². The third kappa shape index (κ3) is 21.4. The van der Waals surface area contributed by atoms with Crippen LogP contribution in [0.1, 0.15) is 27.8 Å². The molecular formula is C47H60Cl2N18O15S. The Morgan fingerprint density at radius 1 is 0.687 bits per heavy atom. The van der Waals surface area contributed by atoms with Gasteiger partial charge < -0.3 is 68.4 Å². The van der Waals surface area contributed by atoms with Crippen molar-refractivity contribution in [1.29, 1.82) is 0 Å². The minimum atomic E-state index is -1.09. The van der Waals surface area contributed by atoms with Crippen LogP contribution >= 0.6 is 35.4 Å². The van der Waals surface area contributed by atoms with E-state index in [0.29, 0.717) is 76.3 Å². The molecule has 0 fully saturated rings. The smallest absolute Gasteiger partial charge is 0.391 e. The Balaban J connectivity index is 0.000000358. The maximum atomic E-state index is 12.2. The van der Waals surface area contributed by atoms with Gasteiger partial charge >= 0.3 is 17.2 Å². The molecule has 0 spiro atoms. The number of aromatic nitrogens is 15. The number of hydrogen-bond acceptors (Lipinski definition) is 26. The van der Waals surface area contributed by atoms with Crippen LogP contribution in [0.4, 0.5) is 0 Å². The molecule has 9 aromatic rings. The van der Waals surface area contributed by atoms with E-state index in [1.54, 1.807) is 77.7 Å². The Morgan fingerprint density at radius 3 is 1.60 bits per heavy atom. The van der Waals surface area contributed by atoms with E-state index in [0.717, 1.165) is 60.5 Å². The molecule has 0 radical (unpaired) electrons. The Hall–Kier alpha value is -9.13. The maximum Gasteiger partial charge on any atom is 0.391 e. The van der Waals surface area contributed by atoms with Gasteiger partial charge in [-0.3, -0.25) is 24.9 Å². The average Bonchev–Trinajstić information content (AvgIpc) is 4.46. The van der Waals surface area contributed by atoms with Crippen molar-refractivity contribution < 1.29 is 71.7 Å². The van der Waals surface area contributed by atoms with Crippen LogP contribution in [-0.2, 0) is 67.4 Å². The first-order chi connectivity index (χ1) is 40.1. The predicted octanol–water partition coefficient (Wildman–Crippen LogP) is 2.19. The number of pyridine rings is 3. The minimum Gasteiger partial charge on any atom is -0.494 e. The van der Waals surface area contributed by atoms with Gasteiger partial charge in [-0.1, -0.05) is 23.8 Å². The predicted molar refractivity (Wildman–Crippen MR) is 301 cm³/mol. The molecule has 9 rings (SSSR count). The molecule has 0 aliphatic rings. The number of esters is 2. The highest BCUT2D eigenvalue weighted by Gasteiger charge is 2.25. The lowest BCUT2D eigenvalue weighted by molar-refractivity contribution is -0.148. The van der Waals surface area contributed by atoms with Gasteiger partial charge in [0, 0.05) is 64.9 Å². The summed E-state index contributed by atoms with van der Waals surface area (Å²) < 4.78 is 46.4. The third-order valence-corrected chi connectivity index (χ3v) is 10.0. The summed E-state index contributed by atoms with van der Waals surface area (Å²) in [4.78, 5) is 86.4. The van der Waals surface area contributed by atoms with Gasteiger partial charge in [-0.05, 0) is 23.7 Å². The second kappa shape index (κ2) is 38.5. The number of fused-ring (bicyclic) bond motifs is 3. The summed E-state index contributed by atoms with van der Waals surface area (Å²) >= 11 is 14.9. The summed E-state index contributed by atoms with van der Waals surface area (Å²) in [6.07, 6.45) is 14.7. The van der Waals surface area contributed by atoms with E-state index in [1.165, 1.54) is 36.8 Å². The number of carbonyl (C=O) groups is 5. The van der Waals surface area contributed by atoms with Crippen LogP contribution in [0.5, 0.6) is 17.2 Å². The van der Waals surface area contributed by atoms with Crippen LogP contribution < -0.4 is 31.2 Å². The number of aliphatic hydroxyl groups is 1. The molecule has 83 heavy (non-hydrogen) atoms. The standard InChI is InChI=1S/C15H15N5O5.C12H13N5O2.C8H7ClN2O.C4H7N3O.C3H3ClO3.C3H7NOS.CH4N2O.CH4O/c1-23-6-10-18-7-20(19-10)14-12-11(9(24-2)5-17-14)8(4-16-12)13(21)15(22)25-3;1-18-6-10-15-7-17(16-10)12-11-8(3-4-13-11)9(19-2)5-14-12;1-12-6-4-11-8(9)7-5(6)2-3-10-7;1-8-2-4-5-3-6-7-4;1-7-3(6)2(4)5;1-5-2-3(4)6;2-3-1-4;1-2/h4-5,7,16H,6H2,1-3H3;3-5,7,13H,6H2,1-2H3;2-4,10H,1H3;3H,2H2,1H3,(H,5,6,7);1H3;2H2,1H3,(H2,4,6);1H,2H2,(H,3,4);2H,1H3. The fourth-order valence-corrected chi connectivity index (χ4v) is 6.57. The van der Waals surface area contributed by atoms with E-state index in [-0.39, 0.29) is 12.2 Å². The second-order valence-corrected chi connectivity index (χ2v) is 15.8. The first-order valence-electron chi connectivity index (χ1n) is 22.9. The number of nitrogens with two attached hydrogens (primary N) is 2. The van der Waals surface area contributed by atoms with E-state index in [9.17, 15) is 19.2 Å². The van der Waals surface area contributed by atoms with Gasteiger partial charge in [0.2, 0.25) is 6.41 Å². The Morgan fingerprint density at radius 2 is 1.18 bits per heavy atom. The highest BCUT2D eigenvalue weighted by Crippen LogP contribution is 2.32. The van der Waals surface area contributed by atoms with Gasteiger partial charge in [-0.2, -0.15) is 5.10 Å². The number of nitrogens with zero attached hydrogens (tertiary/aromatic N) is 11. The largest absolute Gasteiger partial charge is 0.494 e. The maximum absolute atomic E-state index is 12.2. The van der Waals surface area contributed by atoms with E-state index in [4.69, 9.17) is 55.7 Å². The Labute approximate surface area is 486 Å². The van der Waals surface area contributed by atoms with Crippen LogP contribution in [-0.4, -0.2) is 192 Å². The molecule has 0 aromatic carbocycles. The fraction of sp³-hybridized carbons (Fsp3) is 0.298. The van der Waals surface area contributed by atoms with Gasteiger partial charge in [-0.15, -0.1) is 10.2 Å². The number of thiocarbonyl (C=S) groups is 1. The summed E-state index contributed by atoms with van der Waals surface area (Å²) in [6, 6.07) is 3.84. The van der Waals surface area contributed by atoms with Crippen LogP contribution in [0.15, 0.2) is 68.3 Å². The van der Waals surface area contributed by atoms with Crippen LogP contribution in [0.25, 0.3) is 44.3 Å². The zero-order chi connectivity index (χ0) is 61.9. The number of ether oxygens (including phenoxy) is 9. The van der Waals surface area contributed by atoms with Crippen LogP contribution in [0, 0.1) is 0 Å². The van der Waals surface area contributed by atoms with Gasteiger partial charge in [-0.25, -0.2) is 54.7 Å². The van der Waals surface area contributed by atoms with Crippen LogP contribution in [0.2, 0.25) is 5.15 Å². The number of rotatable bonds is 17. The molecule has 0 saturated carbocycles. The first kappa shape index (κ1) is 70.0. The van der Waals surface area contributed by atoms with Crippen molar-refractivity contribution in [2.45, 2.75) is 19.8 Å². The molecule has 0 bridgehead atoms. The lowest BCUT2D eigenvalue weighted by Gasteiger charge is -2.07. The van der Waals surface area contributed by atoms with Crippen LogP contribution in [0.3, 0.4) is 0 Å². The molecule has 9 aromatic heterocycles. The number of carbonyl (C=O) groups excluding carboxylic acids is 5. The number of halogens is 2. The Kier molecular flexibility index (Phi) is 32.5. The van der Waals surface area contributed by atoms with E-state index in [2.05, 4.69) is 109 Å². The molecule has 9 heterocycles. The average molecular weight is 1220 g/mol. The third-order valence-electron chi connectivity index (χ3n) is 9.49. The number of aromatic amines is 4. The van der Waals surface area contributed by atoms with Gasteiger partial charge in [0.05, 0.1) is 93.2 Å². The molecule has 0 aliphatic heterocycles. The molecule has 33 nitrogen and oxygen atoms in total. The molecule has 0 unspecified atom stereocenters. The summed E-state index contributed by atoms with van der Waals surface area (Å²) in [5.41, 5.74) is 9.03. The number of hydrazine groups is 1. The Bertz CT molecular complexity index is 3410. The molecule has 0 aliphatic carbocycles. The number of amides is 1. The zero-order valence-electron chi connectivity index (χ0n) is 46.2. The lowest BCUT2D eigenvalue weighted by Crippen LogP contribution is -2.18. The number of methoxy groups -OCH3 is 9. The first-order valence-corrected chi connectivity index (χ1v) is 24.1. The SMILES string of the molecule is CO.COC(=O)C(=O)Cl.COCC(N)=S.COCc1ncn(-c2ncc(OC)c3c(C(=O)C(=O)OC)c[nH]c23)n1.COCc1ncn(-c2ncc(OC)c3cc[nH]c23)n1.COCc1ncn[nH]1.COc1cnc(Cl)c2[nH]ccc12.NNC=O. The van der Waals surface area contributed by atoms with Crippen molar-refractivity contribution >= 4 is 102 Å². The fourth-order valence-electron chi connectivity index (χ4n) is 6.17. The molecule has 0 saturated heterocycles. The summed E-state index contributed by atoms with van der Waals surface area (Å²) in [5.74, 6) is 6.34. The van der Waals surface area contributed by atoms with Crippen molar-refractivity contribution in [3.63, 3.8) is 0 Å². The highest BCUT2D eigenvalue weighted by atomic mass is 35.5. The van der Waals surface area contributed by atoms with Crippen molar-refractivity contribution in [3.05, 3.63) is 96.5 Å². The molecule has 36 heteroatoms. The monoisotopic (exact) mass is 1220 g/mol.